The van der Waals surface area contributed by atoms with E-state index in [1.807, 2.05) is 23.6 Å². The van der Waals surface area contributed by atoms with Gasteiger partial charge in [-0.3, -0.25) is 4.98 Å². The van der Waals surface area contributed by atoms with Crippen molar-refractivity contribution in [2.24, 2.45) is 0 Å². The molecule has 0 spiro atoms. The number of hydrogen-bond donors (Lipinski definition) is 1. The average molecular weight is 351 g/mol. The minimum atomic E-state index is 0.480. The first-order chi connectivity index (χ1) is 9.78. The number of halogens is 1. The van der Waals surface area contributed by atoms with Crippen molar-refractivity contribution < 1.29 is 0 Å². The minimum absolute atomic E-state index is 0.480. The molecule has 20 heavy (non-hydrogen) atoms. The minimum Gasteiger partial charge on any atom is -0.304 e. The van der Waals surface area contributed by atoms with Crippen LogP contribution in [0.25, 0.3) is 0 Å². The molecule has 0 saturated carbocycles. The maximum Gasteiger partial charge on any atom is 0.0704 e. The van der Waals surface area contributed by atoms with Crippen LogP contribution < -0.4 is 5.32 Å². The molecule has 2 aromatic rings. The Balaban J connectivity index is 1.73. The summed E-state index contributed by atoms with van der Waals surface area (Å²) in [7, 11) is 0. The van der Waals surface area contributed by atoms with Crippen LogP contribution in [-0.2, 0) is 19.4 Å². The van der Waals surface area contributed by atoms with E-state index in [1.165, 1.54) is 44.7 Å². The summed E-state index contributed by atoms with van der Waals surface area (Å²) in [6.45, 7) is 3.05. The zero-order valence-corrected chi connectivity index (χ0v) is 14.1. The zero-order valence-electron chi connectivity index (χ0n) is 11.7. The third kappa shape index (κ3) is 2.97. The molecule has 0 radical (unpaired) electrons. The van der Waals surface area contributed by atoms with Crippen LogP contribution in [0.3, 0.4) is 0 Å². The Bertz CT molecular complexity index is 594. The van der Waals surface area contributed by atoms with Crippen molar-refractivity contribution in [2.45, 2.75) is 45.2 Å². The molecular formula is C16H19BrN2S. The van der Waals surface area contributed by atoms with Gasteiger partial charge in [-0.15, -0.1) is 11.3 Å². The van der Waals surface area contributed by atoms with E-state index >= 15 is 0 Å². The largest absolute Gasteiger partial charge is 0.304 e. The lowest BCUT2D eigenvalue weighted by atomic mass is 9.94. The SMILES string of the molecule is CCc1cccnc1CNC1CCCc2sc(Br)cc21. The van der Waals surface area contributed by atoms with E-state index in [4.69, 9.17) is 0 Å². The van der Waals surface area contributed by atoms with Crippen molar-refractivity contribution in [3.63, 3.8) is 0 Å². The van der Waals surface area contributed by atoms with Gasteiger partial charge in [-0.2, -0.15) is 0 Å². The molecule has 0 saturated heterocycles. The molecule has 0 bridgehead atoms. The smallest absolute Gasteiger partial charge is 0.0704 e. The van der Waals surface area contributed by atoms with Crippen LogP contribution in [-0.4, -0.2) is 4.98 Å². The van der Waals surface area contributed by atoms with Crippen molar-refractivity contribution >= 4 is 27.3 Å². The van der Waals surface area contributed by atoms with E-state index in [2.05, 4.69) is 45.3 Å². The van der Waals surface area contributed by atoms with E-state index < -0.39 is 0 Å². The van der Waals surface area contributed by atoms with Crippen LogP contribution in [0.15, 0.2) is 28.2 Å². The quantitative estimate of drug-likeness (QED) is 0.868. The van der Waals surface area contributed by atoms with Crippen molar-refractivity contribution in [2.75, 3.05) is 0 Å². The number of rotatable bonds is 4. The molecule has 3 rings (SSSR count). The number of aryl methyl sites for hydroxylation is 2. The lowest BCUT2D eigenvalue weighted by Gasteiger charge is -2.24. The highest BCUT2D eigenvalue weighted by atomic mass is 79.9. The number of thiophene rings is 1. The van der Waals surface area contributed by atoms with Gasteiger partial charge in [0.15, 0.2) is 0 Å². The van der Waals surface area contributed by atoms with Gasteiger partial charge in [0, 0.05) is 23.7 Å². The number of hydrogen-bond acceptors (Lipinski definition) is 3. The normalized spacial score (nSPS) is 18.0. The highest BCUT2D eigenvalue weighted by Crippen LogP contribution is 2.38. The molecular weight excluding hydrogens is 332 g/mol. The van der Waals surface area contributed by atoms with Gasteiger partial charge in [0.1, 0.15) is 0 Å². The van der Waals surface area contributed by atoms with Gasteiger partial charge in [0.05, 0.1) is 9.48 Å². The third-order valence-corrected chi connectivity index (χ3v) is 5.68. The number of fused-ring (bicyclic) bond motifs is 1. The maximum atomic E-state index is 4.53. The summed E-state index contributed by atoms with van der Waals surface area (Å²) < 4.78 is 1.25. The van der Waals surface area contributed by atoms with E-state index in [9.17, 15) is 0 Å². The van der Waals surface area contributed by atoms with Crippen LogP contribution >= 0.6 is 27.3 Å². The molecule has 1 unspecified atom stereocenters. The fraction of sp³-hybridized carbons (Fsp3) is 0.438. The number of aromatic nitrogens is 1. The van der Waals surface area contributed by atoms with Crippen molar-refractivity contribution in [3.05, 3.63) is 49.9 Å². The van der Waals surface area contributed by atoms with Gasteiger partial charge in [-0.1, -0.05) is 13.0 Å². The average Bonchev–Trinajstić information content (AvgIpc) is 2.86. The molecule has 0 aromatic carbocycles. The van der Waals surface area contributed by atoms with Crippen LogP contribution in [0.4, 0.5) is 0 Å². The predicted octanol–water partition coefficient (Wildman–Crippen LogP) is 4.64. The summed E-state index contributed by atoms with van der Waals surface area (Å²) in [5.41, 5.74) is 4.03. The van der Waals surface area contributed by atoms with Crippen LogP contribution in [0.2, 0.25) is 0 Å². The van der Waals surface area contributed by atoms with E-state index in [0.717, 1.165) is 13.0 Å². The standard InChI is InChI=1S/C16H19BrN2S/c1-2-11-5-4-8-18-14(11)10-19-13-6-3-7-15-12(13)9-16(17)20-15/h4-5,8-9,13,19H,2-3,6-7,10H2,1H3. The summed E-state index contributed by atoms with van der Waals surface area (Å²) in [5.74, 6) is 0. The van der Waals surface area contributed by atoms with Crippen molar-refractivity contribution in [1.29, 1.82) is 0 Å². The second kappa shape index (κ2) is 6.37. The molecule has 2 heterocycles. The zero-order chi connectivity index (χ0) is 13.9. The fourth-order valence-electron chi connectivity index (χ4n) is 2.91. The first kappa shape index (κ1) is 14.2. The van der Waals surface area contributed by atoms with Crippen LogP contribution in [0, 0.1) is 0 Å². The van der Waals surface area contributed by atoms with Crippen LogP contribution in [0.1, 0.15) is 47.5 Å². The molecule has 106 valence electrons. The van der Waals surface area contributed by atoms with Gasteiger partial charge < -0.3 is 5.32 Å². The summed E-state index contributed by atoms with van der Waals surface area (Å²) in [6, 6.07) is 6.97. The van der Waals surface area contributed by atoms with E-state index in [-0.39, 0.29) is 0 Å². The molecule has 4 heteroatoms. The number of pyridine rings is 1. The topological polar surface area (TPSA) is 24.9 Å². The molecule has 0 amide bonds. The van der Waals surface area contributed by atoms with E-state index in [1.54, 1.807) is 0 Å². The van der Waals surface area contributed by atoms with E-state index in [0.29, 0.717) is 6.04 Å². The fourth-order valence-corrected chi connectivity index (χ4v) is 4.73. The second-order valence-corrected chi connectivity index (χ2v) is 7.73. The molecule has 1 aliphatic rings. The van der Waals surface area contributed by atoms with Crippen LogP contribution in [0.5, 0.6) is 0 Å². The van der Waals surface area contributed by atoms with Gasteiger partial charge in [-0.25, -0.2) is 0 Å². The Kier molecular flexibility index (Phi) is 4.54. The lowest BCUT2D eigenvalue weighted by molar-refractivity contribution is 0.459. The first-order valence-electron chi connectivity index (χ1n) is 7.22. The Morgan fingerprint density at radius 2 is 2.40 bits per heavy atom. The molecule has 1 atom stereocenters. The summed E-state index contributed by atoms with van der Waals surface area (Å²) in [6.07, 6.45) is 6.67. The molecule has 0 aliphatic heterocycles. The number of nitrogens with one attached hydrogen (secondary N) is 1. The Hall–Kier alpha value is -0.710. The van der Waals surface area contributed by atoms with Gasteiger partial charge in [0.2, 0.25) is 0 Å². The highest BCUT2D eigenvalue weighted by molar-refractivity contribution is 9.11. The van der Waals surface area contributed by atoms with Crippen molar-refractivity contribution in [1.82, 2.24) is 10.3 Å². The summed E-state index contributed by atoms with van der Waals surface area (Å²) >= 11 is 5.50. The molecule has 1 N–H and O–H groups in total. The lowest BCUT2D eigenvalue weighted by Crippen LogP contribution is -2.24. The predicted molar refractivity (Wildman–Crippen MR) is 88.2 cm³/mol. The summed E-state index contributed by atoms with van der Waals surface area (Å²) in [5, 5.41) is 3.71. The van der Waals surface area contributed by atoms with Gasteiger partial charge in [0.25, 0.3) is 0 Å². The molecule has 0 fully saturated rings. The van der Waals surface area contributed by atoms with Crippen molar-refractivity contribution in [3.8, 4) is 0 Å². The molecule has 2 nitrogen and oxygen atoms in total. The Labute approximate surface area is 132 Å². The number of nitrogens with zero attached hydrogens (tertiary/aromatic N) is 1. The first-order valence-corrected chi connectivity index (χ1v) is 8.83. The maximum absolute atomic E-state index is 4.53. The monoisotopic (exact) mass is 350 g/mol. The van der Waals surface area contributed by atoms with Gasteiger partial charge in [-0.05, 0) is 64.9 Å². The highest BCUT2D eigenvalue weighted by Gasteiger charge is 2.22. The Morgan fingerprint density at radius 1 is 1.50 bits per heavy atom. The second-order valence-electron chi connectivity index (χ2n) is 5.22. The Morgan fingerprint density at radius 3 is 3.25 bits per heavy atom. The molecule has 2 aromatic heterocycles. The van der Waals surface area contributed by atoms with Gasteiger partial charge >= 0.3 is 0 Å². The third-order valence-electron chi connectivity index (χ3n) is 3.97. The summed E-state index contributed by atoms with van der Waals surface area (Å²) in [4.78, 5) is 6.07. The molecule has 1 aliphatic carbocycles.